The highest BCUT2D eigenvalue weighted by Gasteiger charge is 2.22. The second-order valence-corrected chi connectivity index (χ2v) is 4.77. The van der Waals surface area contributed by atoms with Crippen LogP contribution in [0.2, 0.25) is 0 Å². The maximum Gasteiger partial charge on any atom is 0.340 e. The predicted molar refractivity (Wildman–Crippen MR) is 85.4 cm³/mol. The molecule has 0 fully saturated rings. The Morgan fingerprint density at radius 3 is 2.74 bits per heavy atom. The Kier molecular flexibility index (Phi) is 5.68. The highest BCUT2D eigenvalue weighted by atomic mass is 16.5. The molecular formula is C17H18N2O4. The molecule has 2 rings (SSSR count). The molecule has 0 saturated carbocycles. The number of carbonyl (C=O) groups is 2. The first-order valence-electron chi connectivity index (χ1n) is 7.20. The van der Waals surface area contributed by atoms with Crippen LogP contribution >= 0.6 is 0 Å². The monoisotopic (exact) mass is 314 g/mol. The first-order chi connectivity index (χ1) is 11.1. The Morgan fingerprint density at radius 1 is 1.26 bits per heavy atom. The average Bonchev–Trinajstić information content (AvgIpc) is 2.60. The molecule has 2 aromatic rings. The van der Waals surface area contributed by atoms with Crippen molar-refractivity contribution in [1.82, 2.24) is 4.98 Å². The van der Waals surface area contributed by atoms with E-state index in [4.69, 9.17) is 9.47 Å². The van der Waals surface area contributed by atoms with E-state index in [1.165, 1.54) is 6.20 Å². The van der Waals surface area contributed by atoms with Crippen LogP contribution in [-0.2, 0) is 9.53 Å². The molecule has 1 aromatic carbocycles. The molecule has 0 spiro atoms. The van der Waals surface area contributed by atoms with Crippen LogP contribution in [0.4, 0.5) is 5.69 Å². The van der Waals surface area contributed by atoms with E-state index in [9.17, 15) is 9.59 Å². The highest BCUT2D eigenvalue weighted by Crippen LogP contribution is 2.17. The van der Waals surface area contributed by atoms with Gasteiger partial charge in [-0.25, -0.2) is 4.79 Å². The maximum absolute atomic E-state index is 12.3. The van der Waals surface area contributed by atoms with Gasteiger partial charge in [-0.2, -0.15) is 0 Å². The van der Waals surface area contributed by atoms with Gasteiger partial charge in [0, 0.05) is 24.1 Å². The Balaban J connectivity index is 2.02. The van der Waals surface area contributed by atoms with Gasteiger partial charge in [0.05, 0.1) is 12.7 Å². The van der Waals surface area contributed by atoms with Crippen molar-refractivity contribution >= 4 is 17.6 Å². The van der Waals surface area contributed by atoms with Crippen LogP contribution < -0.4 is 10.1 Å². The van der Waals surface area contributed by atoms with Gasteiger partial charge in [0.15, 0.2) is 6.10 Å². The summed E-state index contributed by atoms with van der Waals surface area (Å²) in [6.07, 6.45) is 2.44. The summed E-state index contributed by atoms with van der Waals surface area (Å²) in [6, 6.07) is 10.2. The molecule has 0 aliphatic rings. The van der Waals surface area contributed by atoms with Crippen molar-refractivity contribution in [1.29, 1.82) is 0 Å². The molecule has 1 amide bonds. The van der Waals surface area contributed by atoms with Gasteiger partial charge in [0.2, 0.25) is 0 Å². The van der Waals surface area contributed by atoms with Crippen molar-refractivity contribution in [2.45, 2.75) is 19.4 Å². The van der Waals surface area contributed by atoms with Crippen LogP contribution in [-0.4, -0.2) is 30.1 Å². The Bertz CT molecular complexity index is 673. The molecule has 1 heterocycles. The topological polar surface area (TPSA) is 77.5 Å². The molecule has 0 aliphatic carbocycles. The van der Waals surface area contributed by atoms with Crippen LogP contribution in [0, 0.1) is 0 Å². The number of benzene rings is 1. The molecule has 0 radical (unpaired) electrons. The third-order valence-electron chi connectivity index (χ3n) is 3.15. The molecule has 6 nitrogen and oxygen atoms in total. The standard InChI is InChI=1S/C17H18N2O4/c1-3-15(23-17(21)12-6-5-9-18-11-12)16(20)19-13-7-4-8-14(10-13)22-2/h4-11,15H,3H2,1-2H3,(H,19,20). The second-order valence-electron chi connectivity index (χ2n) is 4.77. The fourth-order valence-electron chi connectivity index (χ4n) is 1.93. The average molecular weight is 314 g/mol. The van der Waals surface area contributed by atoms with Crippen LogP contribution in [0.25, 0.3) is 0 Å². The van der Waals surface area contributed by atoms with Crippen molar-refractivity contribution < 1.29 is 19.1 Å². The zero-order chi connectivity index (χ0) is 16.7. The molecule has 0 aliphatic heterocycles. The summed E-state index contributed by atoms with van der Waals surface area (Å²) in [5, 5.41) is 2.71. The number of methoxy groups -OCH3 is 1. The second kappa shape index (κ2) is 7.93. The van der Waals surface area contributed by atoms with E-state index in [2.05, 4.69) is 10.3 Å². The summed E-state index contributed by atoms with van der Waals surface area (Å²) in [7, 11) is 1.55. The first kappa shape index (κ1) is 16.5. The third-order valence-corrected chi connectivity index (χ3v) is 3.15. The Morgan fingerprint density at radius 2 is 2.09 bits per heavy atom. The summed E-state index contributed by atoms with van der Waals surface area (Å²) in [5.74, 6) is -0.341. The van der Waals surface area contributed by atoms with E-state index in [0.29, 0.717) is 23.4 Å². The summed E-state index contributed by atoms with van der Waals surface area (Å²) in [4.78, 5) is 28.1. The number of ether oxygens (including phenoxy) is 2. The minimum atomic E-state index is -0.881. The highest BCUT2D eigenvalue weighted by molar-refractivity contribution is 5.97. The van der Waals surface area contributed by atoms with Gasteiger partial charge in [-0.3, -0.25) is 9.78 Å². The third kappa shape index (κ3) is 4.54. The molecule has 1 unspecified atom stereocenters. The summed E-state index contributed by atoms with van der Waals surface area (Å²) < 4.78 is 10.4. The molecule has 1 aromatic heterocycles. The van der Waals surface area contributed by atoms with Gasteiger partial charge in [-0.1, -0.05) is 13.0 Å². The summed E-state index contributed by atoms with van der Waals surface area (Å²) >= 11 is 0. The number of hydrogen-bond acceptors (Lipinski definition) is 5. The van der Waals surface area contributed by atoms with Gasteiger partial charge in [0.1, 0.15) is 5.75 Å². The van der Waals surface area contributed by atoms with Crippen molar-refractivity contribution in [2.75, 3.05) is 12.4 Å². The number of nitrogens with zero attached hydrogens (tertiary/aromatic N) is 1. The van der Waals surface area contributed by atoms with E-state index in [1.54, 1.807) is 56.6 Å². The molecule has 1 N–H and O–H groups in total. The SMILES string of the molecule is CCC(OC(=O)c1cccnc1)C(=O)Nc1cccc(OC)c1. The smallest absolute Gasteiger partial charge is 0.340 e. The lowest BCUT2D eigenvalue weighted by molar-refractivity contribution is -0.124. The largest absolute Gasteiger partial charge is 0.497 e. The van der Waals surface area contributed by atoms with Crippen LogP contribution in [0.5, 0.6) is 5.75 Å². The molecular weight excluding hydrogens is 296 g/mol. The number of carbonyl (C=O) groups excluding carboxylic acids is 2. The molecule has 1 atom stereocenters. The van der Waals surface area contributed by atoms with Crippen LogP contribution in [0.15, 0.2) is 48.8 Å². The number of pyridine rings is 1. The molecule has 23 heavy (non-hydrogen) atoms. The molecule has 6 heteroatoms. The van der Waals surface area contributed by atoms with E-state index in [-0.39, 0.29) is 0 Å². The van der Waals surface area contributed by atoms with Crippen molar-refractivity contribution in [3.63, 3.8) is 0 Å². The fourth-order valence-corrected chi connectivity index (χ4v) is 1.93. The first-order valence-corrected chi connectivity index (χ1v) is 7.20. The van der Waals surface area contributed by atoms with Crippen LogP contribution in [0.1, 0.15) is 23.7 Å². The maximum atomic E-state index is 12.3. The molecule has 0 bridgehead atoms. The quantitative estimate of drug-likeness (QED) is 0.829. The van der Waals surface area contributed by atoms with Gasteiger partial charge in [0.25, 0.3) is 5.91 Å². The number of aromatic nitrogens is 1. The Hall–Kier alpha value is -2.89. The molecule has 120 valence electrons. The number of nitrogens with one attached hydrogen (secondary N) is 1. The lowest BCUT2D eigenvalue weighted by Gasteiger charge is -2.16. The van der Waals surface area contributed by atoms with Gasteiger partial charge < -0.3 is 14.8 Å². The minimum Gasteiger partial charge on any atom is -0.497 e. The van der Waals surface area contributed by atoms with Crippen molar-refractivity contribution in [2.24, 2.45) is 0 Å². The minimum absolute atomic E-state index is 0.306. The number of amides is 1. The number of rotatable bonds is 6. The summed E-state index contributed by atoms with van der Waals surface area (Å²) in [5.41, 5.74) is 0.880. The van der Waals surface area contributed by atoms with Gasteiger partial charge in [-0.05, 0) is 30.7 Å². The van der Waals surface area contributed by atoms with E-state index >= 15 is 0 Å². The molecule has 0 saturated heterocycles. The van der Waals surface area contributed by atoms with Crippen LogP contribution in [0.3, 0.4) is 0 Å². The van der Waals surface area contributed by atoms with E-state index in [1.807, 2.05) is 0 Å². The fraction of sp³-hybridized carbons (Fsp3) is 0.235. The number of esters is 1. The zero-order valence-electron chi connectivity index (χ0n) is 13.0. The zero-order valence-corrected chi connectivity index (χ0v) is 13.0. The van der Waals surface area contributed by atoms with Crippen molar-refractivity contribution in [3.05, 3.63) is 54.4 Å². The van der Waals surface area contributed by atoms with Crippen molar-refractivity contribution in [3.8, 4) is 5.75 Å². The lowest BCUT2D eigenvalue weighted by Crippen LogP contribution is -2.32. The number of hydrogen-bond donors (Lipinski definition) is 1. The van der Waals surface area contributed by atoms with E-state index in [0.717, 1.165) is 0 Å². The van der Waals surface area contributed by atoms with Gasteiger partial charge in [-0.15, -0.1) is 0 Å². The predicted octanol–water partition coefficient (Wildman–Crippen LogP) is 2.66. The van der Waals surface area contributed by atoms with E-state index < -0.39 is 18.0 Å². The number of anilines is 1. The Labute approximate surface area is 134 Å². The summed E-state index contributed by atoms with van der Waals surface area (Å²) in [6.45, 7) is 1.77. The van der Waals surface area contributed by atoms with Gasteiger partial charge >= 0.3 is 5.97 Å². The lowest BCUT2D eigenvalue weighted by atomic mass is 10.2. The normalized spacial score (nSPS) is 11.4.